The van der Waals surface area contributed by atoms with Gasteiger partial charge in [0.05, 0.1) is 11.1 Å². The number of rotatable bonds is 9. The van der Waals surface area contributed by atoms with E-state index in [0.29, 0.717) is 5.75 Å². The Balaban J connectivity index is 0.000000115. The first-order chi connectivity index (χ1) is 57.4. The van der Waals surface area contributed by atoms with Crippen LogP contribution in [0.4, 0.5) is 0 Å². The molecule has 24 rings (SSSR count). The summed E-state index contributed by atoms with van der Waals surface area (Å²) in [7, 11) is 0.758. The first kappa shape index (κ1) is 68.3. The van der Waals surface area contributed by atoms with Crippen molar-refractivity contribution in [1.82, 2.24) is 0 Å². The van der Waals surface area contributed by atoms with Gasteiger partial charge in [-0.3, -0.25) is 0 Å². The summed E-state index contributed by atoms with van der Waals surface area (Å²) in [5.41, 5.74) is 22.9. The molecule has 20 aromatic carbocycles. The van der Waals surface area contributed by atoms with E-state index in [4.69, 9.17) is 22.3 Å². The van der Waals surface area contributed by atoms with E-state index in [-0.39, 0.29) is 0 Å². The smallest absolute Gasteiger partial charge is 0.537 e. The molecule has 543 valence electrons. The maximum absolute atomic E-state index is 9.42. The molecule has 4 aromatic heterocycles. The van der Waals surface area contributed by atoms with Gasteiger partial charge in [0.25, 0.3) is 0 Å². The molecule has 8 heteroatoms. The highest BCUT2D eigenvalue weighted by atomic mass is 79.9. The zero-order valence-corrected chi connectivity index (χ0v) is 64.0. The number of para-hydroxylation sites is 4. The summed E-state index contributed by atoms with van der Waals surface area (Å²) in [5, 5.41) is 32.2. The van der Waals surface area contributed by atoms with Crippen LogP contribution in [0.5, 0.6) is 5.75 Å². The third-order valence-electron chi connectivity index (χ3n) is 23.0. The van der Waals surface area contributed by atoms with E-state index in [1.807, 2.05) is 109 Å². The predicted octanol–water partition coefficient (Wildman–Crippen LogP) is 30.9. The van der Waals surface area contributed by atoms with Crippen molar-refractivity contribution in [1.29, 1.82) is 0 Å². The van der Waals surface area contributed by atoms with Crippen LogP contribution < -0.4 is 4.65 Å². The normalized spacial score (nSPS) is 11.7. The van der Waals surface area contributed by atoms with Gasteiger partial charge in [-0.05, 0) is 199 Å². The topological polar surface area (TPSA) is 82.0 Å². The van der Waals surface area contributed by atoms with Gasteiger partial charge in [-0.2, -0.15) is 0 Å². The standard InChI is InChI=1S/C54H32O2.C30H20BO2.C24H13BrO2/c1-2-14-34-29-36(28-27-33(34)13-1)35-15-11-16-37(30-35)50-42-21-3-5-23-44(42)51(45-24-6-4-22-43(45)50)38-17-12-18-39(31-38)52-53-46(40-19-7-9-25-48(40)55-53)32-47-41-20-8-10-26-49(41)56-54(47)52;32-31-33-30-27-14-5-3-12-25(27)29(26-13-4-6-15-28(26)30)24-11-7-10-22(19-24)23-17-16-20-8-1-2-9-21(20)18-23;25-15-7-5-6-14(12-15)22-23-18(16-8-1-3-10-20(16)26-23)13-19-17-9-2-4-11-21(17)27-24(19)22/h1-32H;1-19,32H;1-13H. The van der Waals surface area contributed by atoms with Crippen LogP contribution in [-0.4, -0.2) is 12.7 Å². The largest absolute Gasteiger partial charge is 0.569 e. The minimum absolute atomic E-state index is 0.665. The number of hydrogen-bond donors (Lipinski definition) is 1. The Hall–Kier alpha value is -14.5. The van der Waals surface area contributed by atoms with Gasteiger partial charge in [-0.1, -0.05) is 325 Å². The third-order valence-corrected chi connectivity index (χ3v) is 23.5. The molecule has 0 unspecified atom stereocenters. The van der Waals surface area contributed by atoms with Gasteiger partial charge in [0.1, 0.15) is 50.4 Å². The van der Waals surface area contributed by atoms with Crippen molar-refractivity contribution >= 4 is 176 Å². The monoisotopic (exact) mass is 1550 g/mol. The molecule has 4 heterocycles. The van der Waals surface area contributed by atoms with Gasteiger partial charge in [-0.25, -0.2) is 0 Å². The molecule has 1 radical (unpaired) electrons. The lowest BCUT2D eigenvalue weighted by atomic mass is 9.85. The van der Waals surface area contributed by atoms with Crippen LogP contribution in [0.1, 0.15) is 0 Å². The maximum Gasteiger partial charge on any atom is 0.569 e. The quantitative estimate of drug-likeness (QED) is 0.115. The molecule has 0 aliphatic carbocycles. The summed E-state index contributed by atoms with van der Waals surface area (Å²) < 4.78 is 32.6. The van der Waals surface area contributed by atoms with Gasteiger partial charge in [0.2, 0.25) is 0 Å². The lowest BCUT2D eigenvalue weighted by Gasteiger charge is -2.18. The fourth-order valence-corrected chi connectivity index (χ4v) is 18.2. The Bertz CT molecular complexity index is 7810. The highest BCUT2D eigenvalue weighted by molar-refractivity contribution is 9.10. The number of hydrogen-bond acceptors (Lipinski definition) is 6. The summed E-state index contributed by atoms with van der Waals surface area (Å²) in [6, 6.07) is 137. The van der Waals surface area contributed by atoms with E-state index in [1.54, 1.807) is 0 Å². The highest BCUT2D eigenvalue weighted by Crippen LogP contribution is 2.51. The zero-order chi connectivity index (χ0) is 76.9. The number of benzene rings is 20. The molecule has 116 heavy (non-hydrogen) atoms. The molecule has 0 atom stereocenters. The lowest BCUT2D eigenvalue weighted by Crippen LogP contribution is -2.02. The minimum Gasteiger partial charge on any atom is -0.537 e. The molecule has 1 N–H and O–H groups in total. The van der Waals surface area contributed by atoms with Gasteiger partial charge < -0.3 is 27.3 Å². The first-order valence-corrected chi connectivity index (χ1v) is 39.8. The second kappa shape index (κ2) is 28.3. The van der Waals surface area contributed by atoms with Crippen molar-refractivity contribution in [3.05, 3.63) is 393 Å². The van der Waals surface area contributed by atoms with Gasteiger partial charge in [-0.15, -0.1) is 0 Å². The van der Waals surface area contributed by atoms with Crippen molar-refractivity contribution in [2.24, 2.45) is 0 Å². The lowest BCUT2D eigenvalue weighted by molar-refractivity contribution is 0.459. The average molecular weight is 1550 g/mol. The number of halogens is 1. The summed E-state index contributed by atoms with van der Waals surface area (Å²) in [4.78, 5) is 0. The predicted molar refractivity (Wildman–Crippen MR) is 488 cm³/mol. The first-order valence-electron chi connectivity index (χ1n) is 39.0. The Labute approximate surface area is 675 Å². The molecule has 0 aliphatic rings. The zero-order valence-electron chi connectivity index (χ0n) is 62.4. The fourth-order valence-electron chi connectivity index (χ4n) is 17.8. The highest BCUT2D eigenvalue weighted by Gasteiger charge is 2.26. The third kappa shape index (κ3) is 11.6. The van der Waals surface area contributed by atoms with E-state index in [1.165, 1.54) is 82.0 Å². The van der Waals surface area contributed by atoms with Gasteiger partial charge >= 0.3 is 7.69 Å². The minimum atomic E-state index is 0.665. The molecule has 0 aliphatic heterocycles. The van der Waals surface area contributed by atoms with Crippen LogP contribution in [-0.2, 0) is 0 Å². The van der Waals surface area contributed by atoms with Crippen molar-refractivity contribution in [3.8, 4) is 83.6 Å². The molecule has 0 amide bonds. The van der Waals surface area contributed by atoms with E-state index in [0.717, 1.165) is 160 Å². The van der Waals surface area contributed by atoms with Crippen LogP contribution in [0.15, 0.2) is 410 Å². The van der Waals surface area contributed by atoms with E-state index in [2.05, 4.69) is 295 Å². The van der Waals surface area contributed by atoms with E-state index >= 15 is 0 Å². The van der Waals surface area contributed by atoms with Crippen LogP contribution >= 0.6 is 15.9 Å². The maximum atomic E-state index is 9.42. The molecule has 0 saturated carbocycles. The summed E-state index contributed by atoms with van der Waals surface area (Å²) in [6.45, 7) is 0. The SMILES string of the molecule is Brc1cccc(-c2c3oc4ccccc4c3cc3c2oc2ccccc23)c1.O[B]Oc1c2ccccc2c(-c2cccc(-c3ccc4ccccc4c3)c2)c2ccccc12.c1cc(-c2ccc3ccccc3c2)cc(-c2c3ccccc3c(-c3cccc(-c4c5oc6ccccc6c5cc5c4oc4ccccc45)c3)c3ccccc23)c1. The molecule has 24 aromatic rings. The molecule has 0 spiro atoms. The second-order valence-electron chi connectivity index (χ2n) is 29.6. The van der Waals surface area contributed by atoms with E-state index < -0.39 is 0 Å². The number of fused-ring (bicyclic) bond motifs is 18. The summed E-state index contributed by atoms with van der Waals surface area (Å²) >= 11 is 3.60. The molecule has 0 saturated heterocycles. The molecular formula is C108H65BBrO6. The summed E-state index contributed by atoms with van der Waals surface area (Å²) in [5.74, 6) is 0.665. The van der Waals surface area contributed by atoms with Crippen LogP contribution in [0.2, 0.25) is 0 Å². The van der Waals surface area contributed by atoms with Crippen molar-refractivity contribution in [2.45, 2.75) is 0 Å². The average Bonchev–Trinajstić information content (AvgIpc) is 1.49. The van der Waals surface area contributed by atoms with Gasteiger partial charge in [0, 0.05) is 58.3 Å². The Morgan fingerprint density at radius 1 is 0.198 bits per heavy atom. The Morgan fingerprint density at radius 3 is 0.802 bits per heavy atom. The summed E-state index contributed by atoms with van der Waals surface area (Å²) in [6.07, 6.45) is 0. The van der Waals surface area contributed by atoms with Crippen molar-refractivity contribution in [3.63, 3.8) is 0 Å². The van der Waals surface area contributed by atoms with Crippen LogP contribution in [0.3, 0.4) is 0 Å². The molecule has 6 nitrogen and oxygen atoms in total. The van der Waals surface area contributed by atoms with E-state index in [9.17, 15) is 5.02 Å². The Kier molecular flexibility index (Phi) is 16.6. The van der Waals surface area contributed by atoms with Crippen molar-refractivity contribution in [2.75, 3.05) is 0 Å². The molecule has 0 fully saturated rings. The fraction of sp³-hybridized carbons (Fsp3) is 0. The molecule has 0 bridgehead atoms. The Morgan fingerprint density at radius 2 is 0.457 bits per heavy atom. The van der Waals surface area contributed by atoms with Crippen LogP contribution in [0, 0.1) is 0 Å². The van der Waals surface area contributed by atoms with Gasteiger partial charge in [0.15, 0.2) is 0 Å². The van der Waals surface area contributed by atoms with Crippen molar-refractivity contribution < 1.29 is 27.3 Å². The number of furan rings is 4. The second-order valence-corrected chi connectivity index (χ2v) is 30.6. The molecular weight excluding hydrogens is 1480 g/mol. The van der Waals surface area contributed by atoms with Crippen LogP contribution in [0.25, 0.3) is 230 Å².